The minimum Gasteiger partial charge on any atom is -0.339 e. The Morgan fingerprint density at radius 2 is 2.04 bits per heavy atom. The van der Waals surface area contributed by atoms with Crippen LogP contribution in [0.4, 0.5) is 19.7 Å². The van der Waals surface area contributed by atoms with Crippen LogP contribution in [0.5, 0.6) is 0 Å². The zero-order chi connectivity index (χ0) is 19.5. The quantitative estimate of drug-likeness (QED) is 0.716. The van der Waals surface area contributed by atoms with Crippen LogP contribution in [-0.4, -0.2) is 38.8 Å². The fourth-order valence-electron chi connectivity index (χ4n) is 3.25. The number of nitrogens with one attached hydrogen (secondary N) is 1. The van der Waals surface area contributed by atoms with E-state index in [2.05, 4.69) is 20.3 Å². The first-order valence-corrected chi connectivity index (χ1v) is 9.71. The lowest BCUT2D eigenvalue weighted by molar-refractivity contribution is 0.0706. The van der Waals surface area contributed by atoms with E-state index >= 15 is 0 Å². The summed E-state index contributed by atoms with van der Waals surface area (Å²) in [6.07, 6.45) is 6.42. The van der Waals surface area contributed by atoms with Gasteiger partial charge in [0, 0.05) is 36.8 Å². The maximum atomic E-state index is 13.9. The summed E-state index contributed by atoms with van der Waals surface area (Å²) in [7, 11) is 0. The Balaban J connectivity index is 1.41. The van der Waals surface area contributed by atoms with E-state index < -0.39 is 17.5 Å². The molecule has 1 aromatic carbocycles. The van der Waals surface area contributed by atoms with Gasteiger partial charge in [0.2, 0.25) is 0 Å². The van der Waals surface area contributed by atoms with Crippen molar-refractivity contribution in [3.05, 3.63) is 65.1 Å². The number of thiazole rings is 1. The lowest BCUT2D eigenvalue weighted by Gasteiger charge is -2.31. The Hall–Kier alpha value is -2.94. The molecule has 3 aromatic rings. The van der Waals surface area contributed by atoms with Gasteiger partial charge in [0.05, 0.1) is 17.5 Å². The molecule has 1 amide bonds. The van der Waals surface area contributed by atoms with Crippen molar-refractivity contribution in [2.45, 2.75) is 18.8 Å². The molecule has 28 heavy (non-hydrogen) atoms. The number of halogens is 2. The van der Waals surface area contributed by atoms with Crippen molar-refractivity contribution in [3.63, 3.8) is 0 Å². The van der Waals surface area contributed by atoms with Crippen molar-refractivity contribution in [2.24, 2.45) is 0 Å². The highest BCUT2D eigenvalue weighted by Crippen LogP contribution is 2.28. The normalized spacial score (nSPS) is 14.9. The predicted octanol–water partition coefficient (Wildman–Crippen LogP) is 3.97. The average Bonchev–Trinajstić information content (AvgIpc) is 3.23. The molecule has 1 fully saturated rings. The molecule has 1 aliphatic heterocycles. The van der Waals surface area contributed by atoms with E-state index in [1.165, 1.54) is 23.5 Å². The molecule has 0 unspecified atom stereocenters. The van der Waals surface area contributed by atoms with Crippen LogP contribution < -0.4 is 5.32 Å². The highest BCUT2D eigenvalue weighted by Gasteiger charge is 2.27. The zero-order valence-electron chi connectivity index (χ0n) is 14.8. The van der Waals surface area contributed by atoms with Crippen molar-refractivity contribution in [1.29, 1.82) is 0 Å². The standard InChI is InChI=1S/C19H17F2N5OS/c20-14-3-1-2-13(17(14)21)18(27)26-7-4-12(5-8-26)15-10-22-11-16(24-15)25-19-23-6-9-28-19/h1-3,6,9-12H,4-5,7-8H2,(H,23,24,25). The third-order valence-corrected chi connectivity index (χ3v) is 5.39. The van der Waals surface area contributed by atoms with Gasteiger partial charge < -0.3 is 10.2 Å². The Bertz CT molecular complexity index is 974. The molecular formula is C19H17F2N5OS. The van der Waals surface area contributed by atoms with Crippen molar-refractivity contribution in [1.82, 2.24) is 19.9 Å². The van der Waals surface area contributed by atoms with E-state index in [-0.39, 0.29) is 11.5 Å². The number of aromatic nitrogens is 3. The lowest BCUT2D eigenvalue weighted by Crippen LogP contribution is -2.38. The molecule has 1 saturated heterocycles. The summed E-state index contributed by atoms with van der Waals surface area (Å²) in [6.45, 7) is 0.899. The summed E-state index contributed by atoms with van der Waals surface area (Å²) in [4.78, 5) is 27.1. The average molecular weight is 401 g/mol. The molecule has 1 N–H and O–H groups in total. The number of hydrogen-bond acceptors (Lipinski definition) is 6. The van der Waals surface area contributed by atoms with E-state index in [0.717, 1.165) is 16.9 Å². The number of anilines is 2. The number of benzene rings is 1. The van der Waals surface area contributed by atoms with Gasteiger partial charge in [-0.25, -0.2) is 18.7 Å². The molecule has 0 spiro atoms. The Morgan fingerprint density at radius 3 is 2.79 bits per heavy atom. The van der Waals surface area contributed by atoms with E-state index in [4.69, 9.17) is 0 Å². The second-order valence-electron chi connectivity index (χ2n) is 6.46. The first-order valence-electron chi connectivity index (χ1n) is 8.83. The number of rotatable bonds is 4. The minimum atomic E-state index is -1.10. The Labute approximate surface area is 164 Å². The summed E-state index contributed by atoms with van der Waals surface area (Å²) in [5.74, 6) is -1.83. The fourth-order valence-corrected chi connectivity index (χ4v) is 3.79. The first kappa shape index (κ1) is 18.4. The van der Waals surface area contributed by atoms with Crippen LogP contribution in [0.15, 0.2) is 42.2 Å². The fraction of sp³-hybridized carbons (Fsp3) is 0.263. The lowest BCUT2D eigenvalue weighted by atomic mass is 9.93. The smallest absolute Gasteiger partial charge is 0.256 e. The maximum absolute atomic E-state index is 13.9. The first-order chi connectivity index (χ1) is 13.6. The zero-order valence-corrected chi connectivity index (χ0v) is 15.6. The van der Waals surface area contributed by atoms with E-state index in [1.807, 2.05) is 5.38 Å². The monoisotopic (exact) mass is 401 g/mol. The number of carbonyl (C=O) groups is 1. The van der Waals surface area contributed by atoms with E-state index in [0.29, 0.717) is 31.7 Å². The highest BCUT2D eigenvalue weighted by atomic mass is 32.1. The molecule has 2 aromatic heterocycles. The molecule has 0 atom stereocenters. The van der Waals surface area contributed by atoms with Gasteiger partial charge in [-0.05, 0) is 25.0 Å². The van der Waals surface area contributed by atoms with Gasteiger partial charge in [-0.1, -0.05) is 6.07 Å². The van der Waals surface area contributed by atoms with E-state index in [1.54, 1.807) is 23.5 Å². The molecule has 6 nitrogen and oxygen atoms in total. The topological polar surface area (TPSA) is 71.0 Å². The predicted molar refractivity (Wildman–Crippen MR) is 102 cm³/mol. The molecule has 0 aliphatic carbocycles. The van der Waals surface area contributed by atoms with Crippen LogP contribution in [0.25, 0.3) is 0 Å². The molecule has 4 rings (SSSR count). The van der Waals surface area contributed by atoms with Crippen molar-refractivity contribution < 1.29 is 13.6 Å². The minimum absolute atomic E-state index is 0.145. The van der Waals surface area contributed by atoms with Gasteiger partial charge in [-0.15, -0.1) is 11.3 Å². The van der Waals surface area contributed by atoms with Crippen molar-refractivity contribution in [3.8, 4) is 0 Å². The third-order valence-electron chi connectivity index (χ3n) is 4.70. The van der Waals surface area contributed by atoms with Crippen LogP contribution in [0, 0.1) is 11.6 Å². The summed E-state index contributed by atoms with van der Waals surface area (Å²) < 4.78 is 27.3. The number of likely N-dealkylation sites (tertiary alicyclic amines) is 1. The maximum Gasteiger partial charge on any atom is 0.256 e. The Kier molecular flexibility index (Phi) is 5.25. The SMILES string of the molecule is O=C(c1cccc(F)c1F)N1CCC(c2cncc(Nc3nccs3)n2)CC1. The van der Waals surface area contributed by atoms with Gasteiger partial charge in [-0.3, -0.25) is 9.78 Å². The second kappa shape index (κ2) is 7.97. The number of piperidine rings is 1. The molecule has 0 bridgehead atoms. The number of hydrogen-bond donors (Lipinski definition) is 1. The number of nitrogens with zero attached hydrogens (tertiary/aromatic N) is 4. The summed E-state index contributed by atoms with van der Waals surface area (Å²) in [5, 5.41) is 5.72. The van der Waals surface area contributed by atoms with Crippen LogP contribution in [0.2, 0.25) is 0 Å². The van der Waals surface area contributed by atoms with Gasteiger partial charge >= 0.3 is 0 Å². The molecular weight excluding hydrogens is 384 g/mol. The van der Waals surface area contributed by atoms with Gasteiger partial charge in [0.1, 0.15) is 0 Å². The van der Waals surface area contributed by atoms with Crippen molar-refractivity contribution in [2.75, 3.05) is 18.4 Å². The van der Waals surface area contributed by atoms with Crippen LogP contribution in [-0.2, 0) is 0 Å². The molecule has 0 saturated carbocycles. The van der Waals surface area contributed by atoms with Crippen LogP contribution in [0.3, 0.4) is 0 Å². The molecule has 0 radical (unpaired) electrons. The molecule has 1 aliphatic rings. The van der Waals surface area contributed by atoms with Crippen molar-refractivity contribution >= 4 is 28.2 Å². The number of carbonyl (C=O) groups excluding carboxylic acids is 1. The van der Waals surface area contributed by atoms with Gasteiger partial charge in [-0.2, -0.15) is 0 Å². The molecule has 3 heterocycles. The largest absolute Gasteiger partial charge is 0.339 e. The van der Waals surface area contributed by atoms with Gasteiger partial charge in [0.25, 0.3) is 5.91 Å². The van der Waals surface area contributed by atoms with Gasteiger partial charge in [0.15, 0.2) is 22.6 Å². The molecule has 144 valence electrons. The summed E-state index contributed by atoms with van der Waals surface area (Å²) in [5.41, 5.74) is 0.610. The Morgan fingerprint density at radius 1 is 1.21 bits per heavy atom. The molecule has 9 heteroatoms. The third kappa shape index (κ3) is 3.84. The van der Waals surface area contributed by atoms with Crippen LogP contribution >= 0.6 is 11.3 Å². The number of amides is 1. The highest BCUT2D eigenvalue weighted by molar-refractivity contribution is 7.13. The summed E-state index contributed by atoms with van der Waals surface area (Å²) in [6, 6.07) is 3.66. The second-order valence-corrected chi connectivity index (χ2v) is 7.35. The van der Waals surface area contributed by atoms with Crippen LogP contribution in [0.1, 0.15) is 34.8 Å². The summed E-state index contributed by atoms with van der Waals surface area (Å²) >= 11 is 1.47. The van der Waals surface area contributed by atoms with E-state index in [9.17, 15) is 13.6 Å².